The summed E-state index contributed by atoms with van der Waals surface area (Å²) in [5, 5.41) is 9.86. The van der Waals surface area contributed by atoms with Gasteiger partial charge in [-0.25, -0.2) is 4.98 Å². The number of carbonyl (C=O) groups excluding carboxylic acids is 1. The lowest BCUT2D eigenvalue weighted by Crippen LogP contribution is -2.35. The fourth-order valence-electron chi connectivity index (χ4n) is 4.94. The highest BCUT2D eigenvalue weighted by Crippen LogP contribution is 2.42. The maximum atomic E-state index is 12.0. The number of rotatable bonds is 12. The Labute approximate surface area is 214 Å². The van der Waals surface area contributed by atoms with Gasteiger partial charge in [0.1, 0.15) is 5.82 Å². The SMILES string of the molecule is CN(C)[C@H]1CCN(Cc2ccc(Nc3ncc(C4CC4)c(NCCCNC(=O)C4CCC4)n3)cn2)C1. The second-order valence-corrected chi connectivity index (χ2v) is 10.8. The number of hydrogen-bond donors (Lipinski definition) is 3. The highest BCUT2D eigenvalue weighted by Gasteiger charge is 2.28. The van der Waals surface area contributed by atoms with Gasteiger partial charge in [-0.15, -0.1) is 0 Å². The van der Waals surface area contributed by atoms with Gasteiger partial charge in [-0.05, 0) is 70.7 Å². The largest absolute Gasteiger partial charge is 0.370 e. The van der Waals surface area contributed by atoms with Gasteiger partial charge in [-0.1, -0.05) is 6.42 Å². The Balaban J connectivity index is 1.12. The molecule has 1 saturated heterocycles. The lowest BCUT2D eigenvalue weighted by molar-refractivity contribution is -0.127. The summed E-state index contributed by atoms with van der Waals surface area (Å²) < 4.78 is 0. The van der Waals surface area contributed by atoms with Crippen molar-refractivity contribution in [1.82, 2.24) is 30.1 Å². The van der Waals surface area contributed by atoms with Crippen molar-refractivity contribution in [1.29, 1.82) is 0 Å². The minimum absolute atomic E-state index is 0.214. The van der Waals surface area contributed by atoms with Crippen LogP contribution in [0, 0.1) is 5.92 Å². The summed E-state index contributed by atoms with van der Waals surface area (Å²) in [6, 6.07) is 4.77. The van der Waals surface area contributed by atoms with E-state index in [-0.39, 0.29) is 11.8 Å². The van der Waals surface area contributed by atoms with Crippen LogP contribution in [0.2, 0.25) is 0 Å². The number of aromatic nitrogens is 3. The number of likely N-dealkylation sites (tertiary alicyclic amines) is 1. The maximum Gasteiger partial charge on any atom is 0.229 e. The molecule has 0 spiro atoms. The number of nitrogens with zero attached hydrogens (tertiary/aromatic N) is 5. The molecular formula is C27H40N8O. The molecule has 3 fully saturated rings. The predicted molar refractivity (Wildman–Crippen MR) is 142 cm³/mol. The van der Waals surface area contributed by atoms with Crippen LogP contribution in [0.15, 0.2) is 24.5 Å². The molecule has 9 nitrogen and oxygen atoms in total. The summed E-state index contributed by atoms with van der Waals surface area (Å²) in [6.07, 6.45) is 11.6. The molecule has 2 aromatic heterocycles. The number of likely N-dealkylation sites (N-methyl/N-ethyl adjacent to an activating group) is 1. The zero-order valence-electron chi connectivity index (χ0n) is 21.7. The lowest BCUT2D eigenvalue weighted by Gasteiger charge is -2.24. The molecule has 1 amide bonds. The Morgan fingerprint density at radius 1 is 1.08 bits per heavy atom. The molecule has 0 bridgehead atoms. The van der Waals surface area contributed by atoms with E-state index in [1.165, 1.54) is 31.2 Å². The maximum absolute atomic E-state index is 12.0. The smallest absolute Gasteiger partial charge is 0.229 e. The molecule has 2 aromatic rings. The minimum Gasteiger partial charge on any atom is -0.370 e. The first-order valence-corrected chi connectivity index (χ1v) is 13.5. The summed E-state index contributed by atoms with van der Waals surface area (Å²) in [7, 11) is 4.31. The minimum atomic E-state index is 0.214. The molecule has 3 aliphatic rings. The number of hydrogen-bond acceptors (Lipinski definition) is 8. The van der Waals surface area contributed by atoms with Crippen molar-refractivity contribution in [3.8, 4) is 0 Å². The lowest BCUT2D eigenvalue weighted by atomic mass is 9.85. The van der Waals surface area contributed by atoms with Crippen LogP contribution in [0.3, 0.4) is 0 Å². The van der Waals surface area contributed by atoms with Gasteiger partial charge in [-0.3, -0.25) is 14.7 Å². The van der Waals surface area contributed by atoms with Crippen LogP contribution in [0.4, 0.5) is 17.5 Å². The molecule has 1 atom stereocenters. The van der Waals surface area contributed by atoms with Crippen LogP contribution in [-0.4, -0.2) is 77.0 Å². The van der Waals surface area contributed by atoms with E-state index in [2.05, 4.69) is 61.9 Å². The van der Waals surface area contributed by atoms with Crippen molar-refractivity contribution in [3.05, 3.63) is 35.8 Å². The first-order chi connectivity index (χ1) is 17.5. The molecule has 0 unspecified atom stereocenters. The van der Waals surface area contributed by atoms with E-state index in [9.17, 15) is 4.79 Å². The number of amides is 1. The van der Waals surface area contributed by atoms with E-state index in [0.717, 1.165) is 62.6 Å². The van der Waals surface area contributed by atoms with Crippen molar-refractivity contribution in [3.63, 3.8) is 0 Å². The van der Waals surface area contributed by atoms with E-state index >= 15 is 0 Å². The van der Waals surface area contributed by atoms with Gasteiger partial charge in [0.25, 0.3) is 0 Å². The van der Waals surface area contributed by atoms with Crippen LogP contribution >= 0.6 is 0 Å². The van der Waals surface area contributed by atoms with Crippen molar-refractivity contribution < 1.29 is 4.79 Å². The van der Waals surface area contributed by atoms with Gasteiger partial charge in [0.05, 0.1) is 17.6 Å². The zero-order chi connectivity index (χ0) is 24.9. The Kier molecular flexibility index (Phi) is 7.96. The fourth-order valence-corrected chi connectivity index (χ4v) is 4.94. The number of nitrogens with one attached hydrogen (secondary N) is 3. The van der Waals surface area contributed by atoms with Gasteiger partial charge < -0.3 is 20.9 Å². The third-order valence-electron chi connectivity index (χ3n) is 7.70. The number of pyridine rings is 1. The Morgan fingerprint density at radius 2 is 1.94 bits per heavy atom. The molecule has 0 aromatic carbocycles. The monoisotopic (exact) mass is 492 g/mol. The summed E-state index contributed by atoms with van der Waals surface area (Å²) in [5.41, 5.74) is 3.15. The third-order valence-corrected chi connectivity index (χ3v) is 7.70. The topological polar surface area (TPSA) is 98.3 Å². The van der Waals surface area contributed by atoms with E-state index < -0.39 is 0 Å². The molecular weight excluding hydrogens is 452 g/mol. The van der Waals surface area contributed by atoms with Gasteiger partial charge in [0, 0.05) is 56.4 Å². The molecule has 36 heavy (non-hydrogen) atoms. The molecule has 1 aliphatic heterocycles. The summed E-state index contributed by atoms with van der Waals surface area (Å²) in [6.45, 7) is 4.56. The van der Waals surface area contributed by atoms with Crippen molar-refractivity contribution >= 4 is 23.4 Å². The van der Waals surface area contributed by atoms with Crippen molar-refractivity contribution in [2.45, 2.75) is 63.5 Å². The van der Waals surface area contributed by atoms with Crippen LogP contribution in [-0.2, 0) is 11.3 Å². The quantitative estimate of drug-likeness (QED) is 0.388. The fraction of sp³-hybridized carbons (Fsp3) is 0.630. The normalized spacial score (nSPS) is 20.4. The Morgan fingerprint density at radius 3 is 2.61 bits per heavy atom. The molecule has 9 heteroatoms. The Hall–Kier alpha value is -2.78. The van der Waals surface area contributed by atoms with Crippen LogP contribution in [0.25, 0.3) is 0 Å². The molecule has 0 radical (unpaired) electrons. The van der Waals surface area contributed by atoms with Crippen LogP contribution in [0.5, 0.6) is 0 Å². The zero-order valence-corrected chi connectivity index (χ0v) is 21.7. The van der Waals surface area contributed by atoms with Gasteiger partial charge in [0.15, 0.2) is 0 Å². The average molecular weight is 493 g/mol. The highest BCUT2D eigenvalue weighted by molar-refractivity contribution is 5.79. The second-order valence-electron chi connectivity index (χ2n) is 10.8. The predicted octanol–water partition coefficient (Wildman–Crippen LogP) is 3.35. The summed E-state index contributed by atoms with van der Waals surface area (Å²) in [5.74, 6) is 2.48. The van der Waals surface area contributed by atoms with E-state index in [4.69, 9.17) is 4.98 Å². The Bertz CT molecular complexity index is 1020. The van der Waals surface area contributed by atoms with Gasteiger partial charge in [0.2, 0.25) is 11.9 Å². The molecule has 194 valence electrons. The summed E-state index contributed by atoms with van der Waals surface area (Å²) >= 11 is 0. The van der Waals surface area contributed by atoms with Crippen LogP contribution < -0.4 is 16.0 Å². The number of carbonyl (C=O) groups is 1. The second kappa shape index (κ2) is 11.5. The molecule has 3 heterocycles. The average Bonchev–Trinajstić information content (AvgIpc) is 3.56. The summed E-state index contributed by atoms with van der Waals surface area (Å²) in [4.78, 5) is 30.8. The van der Waals surface area contributed by atoms with Gasteiger partial charge >= 0.3 is 0 Å². The van der Waals surface area contributed by atoms with E-state index in [1.807, 2.05) is 12.4 Å². The van der Waals surface area contributed by atoms with Gasteiger partial charge in [-0.2, -0.15) is 4.98 Å². The molecule has 2 saturated carbocycles. The highest BCUT2D eigenvalue weighted by atomic mass is 16.1. The molecule has 3 N–H and O–H groups in total. The first-order valence-electron chi connectivity index (χ1n) is 13.5. The third kappa shape index (κ3) is 6.50. The first kappa shape index (κ1) is 24.9. The standard InChI is InChI=1S/C27H40N8O/c1-34(2)23-11-14-35(18-23)17-22-10-9-21(15-30-22)32-27-31-16-24(19-7-8-19)25(33-27)28-12-4-13-29-26(36)20-5-3-6-20/h9-10,15-16,19-20,23H,3-8,11-14,17-18H2,1-2H3,(H,29,36)(H2,28,31,32,33)/t23-/m0/s1. The molecule has 2 aliphatic carbocycles. The van der Waals surface area contributed by atoms with E-state index in [1.54, 1.807) is 0 Å². The van der Waals surface area contributed by atoms with Crippen molar-refractivity contribution in [2.75, 3.05) is 50.9 Å². The molecule has 5 rings (SSSR count). The van der Waals surface area contributed by atoms with E-state index in [0.29, 0.717) is 24.5 Å². The number of anilines is 3. The van der Waals surface area contributed by atoms with Crippen LogP contribution in [0.1, 0.15) is 62.1 Å². The van der Waals surface area contributed by atoms with Crippen molar-refractivity contribution in [2.24, 2.45) is 5.92 Å².